The average Bonchev–Trinajstić information content (AvgIpc) is 2.36. The van der Waals surface area contributed by atoms with Crippen LogP contribution in [-0.4, -0.2) is 12.4 Å². The maximum Gasteiger partial charge on any atom is 0.186 e. The Morgan fingerprint density at radius 2 is 2.00 bits per heavy atom. The molecule has 0 heterocycles. The van der Waals surface area contributed by atoms with Crippen LogP contribution in [-0.2, 0) is 0 Å². The van der Waals surface area contributed by atoms with Crippen molar-refractivity contribution in [1.29, 1.82) is 0 Å². The van der Waals surface area contributed by atoms with Crippen molar-refractivity contribution in [2.45, 2.75) is 6.92 Å². The lowest BCUT2D eigenvalue weighted by Gasteiger charge is -2.14. The van der Waals surface area contributed by atoms with Crippen molar-refractivity contribution in [3.05, 3.63) is 47.5 Å². The number of ether oxygens (including phenoxy) is 1. The van der Waals surface area contributed by atoms with E-state index in [4.69, 9.17) is 4.74 Å². The van der Waals surface area contributed by atoms with Crippen molar-refractivity contribution in [3.8, 4) is 5.75 Å². The van der Waals surface area contributed by atoms with E-state index in [2.05, 4.69) is 0 Å². The second-order valence-electron chi connectivity index (χ2n) is 4.01. The first-order valence-electron chi connectivity index (χ1n) is 5.72. The minimum absolute atomic E-state index is 0.0664. The Balaban J connectivity index is 2.40. The number of carbonyl (C=O) groups is 1. The fraction of sp³-hybridized carbons (Fsp3) is 0.133. The Morgan fingerprint density at radius 3 is 2.82 bits per heavy atom. The molecule has 0 aromatic heterocycles. The topological polar surface area (TPSA) is 26.3 Å². The van der Waals surface area contributed by atoms with Gasteiger partial charge in [-0.2, -0.15) is 0 Å². The third kappa shape index (κ3) is 1.45. The van der Waals surface area contributed by atoms with E-state index in [0.717, 1.165) is 27.6 Å². The second-order valence-corrected chi connectivity index (χ2v) is 4.01. The molecule has 2 aromatic carbocycles. The van der Waals surface area contributed by atoms with Crippen LogP contribution in [0.5, 0.6) is 5.75 Å². The van der Waals surface area contributed by atoms with E-state index in [0.29, 0.717) is 6.61 Å². The first-order chi connectivity index (χ1) is 8.31. The summed E-state index contributed by atoms with van der Waals surface area (Å²) in [5.74, 6) is 0.910. The molecule has 84 valence electrons. The monoisotopic (exact) mass is 224 g/mol. The summed E-state index contributed by atoms with van der Waals surface area (Å²) in [5.41, 5.74) is 1.85. The molecule has 1 aliphatic rings. The molecule has 0 N–H and O–H groups in total. The van der Waals surface area contributed by atoms with Crippen molar-refractivity contribution < 1.29 is 9.53 Å². The summed E-state index contributed by atoms with van der Waals surface area (Å²) >= 11 is 0. The van der Waals surface area contributed by atoms with Gasteiger partial charge in [0.2, 0.25) is 0 Å². The summed E-state index contributed by atoms with van der Waals surface area (Å²) in [6.07, 6.45) is 3.49. The highest BCUT2D eigenvalue weighted by Gasteiger charge is 2.16. The highest BCUT2D eigenvalue weighted by atomic mass is 16.5. The Bertz CT molecular complexity index is 639. The summed E-state index contributed by atoms with van der Waals surface area (Å²) in [6.45, 7) is 2.59. The molecular formula is C15H12O2. The van der Waals surface area contributed by atoms with Crippen LogP contribution in [0.4, 0.5) is 0 Å². The lowest BCUT2D eigenvalue weighted by molar-refractivity contribution is 0.104. The highest BCUT2D eigenvalue weighted by Crippen LogP contribution is 2.34. The van der Waals surface area contributed by atoms with Gasteiger partial charge < -0.3 is 4.74 Å². The SMILES string of the molecule is CCOc1ccc2c3c(cccc13)C(=O)C=C2. The minimum Gasteiger partial charge on any atom is -0.493 e. The molecule has 0 spiro atoms. The maximum absolute atomic E-state index is 11.8. The molecule has 0 fully saturated rings. The van der Waals surface area contributed by atoms with Gasteiger partial charge in [0.25, 0.3) is 0 Å². The number of carbonyl (C=O) groups excluding carboxylic acids is 1. The lowest BCUT2D eigenvalue weighted by atomic mass is 9.92. The Morgan fingerprint density at radius 1 is 1.12 bits per heavy atom. The third-order valence-corrected chi connectivity index (χ3v) is 3.01. The standard InChI is InChI=1S/C15H12O2/c1-2-17-14-9-7-10-6-8-13(16)11-4-3-5-12(14)15(10)11/h3-9H,2H2,1H3. The first kappa shape index (κ1) is 10.1. The van der Waals surface area contributed by atoms with Gasteiger partial charge in [-0.1, -0.05) is 30.3 Å². The minimum atomic E-state index is 0.0664. The van der Waals surface area contributed by atoms with Gasteiger partial charge in [-0.15, -0.1) is 0 Å². The van der Waals surface area contributed by atoms with E-state index in [1.807, 2.05) is 43.3 Å². The van der Waals surface area contributed by atoms with Crippen LogP contribution in [0.3, 0.4) is 0 Å². The zero-order valence-electron chi connectivity index (χ0n) is 9.57. The van der Waals surface area contributed by atoms with Crippen LogP contribution >= 0.6 is 0 Å². The molecule has 0 unspecified atom stereocenters. The van der Waals surface area contributed by atoms with Crippen LogP contribution < -0.4 is 4.74 Å². The van der Waals surface area contributed by atoms with Crippen molar-refractivity contribution in [2.75, 3.05) is 6.61 Å². The number of benzene rings is 2. The van der Waals surface area contributed by atoms with Crippen molar-refractivity contribution in [3.63, 3.8) is 0 Å². The van der Waals surface area contributed by atoms with Crippen molar-refractivity contribution in [1.82, 2.24) is 0 Å². The summed E-state index contributed by atoms with van der Waals surface area (Å²) in [5, 5.41) is 2.02. The molecule has 0 radical (unpaired) electrons. The van der Waals surface area contributed by atoms with E-state index >= 15 is 0 Å². The fourth-order valence-electron chi connectivity index (χ4n) is 2.29. The molecule has 17 heavy (non-hydrogen) atoms. The van der Waals surface area contributed by atoms with E-state index in [1.54, 1.807) is 6.08 Å². The summed E-state index contributed by atoms with van der Waals surface area (Å²) in [6, 6.07) is 9.74. The summed E-state index contributed by atoms with van der Waals surface area (Å²) < 4.78 is 5.60. The maximum atomic E-state index is 11.8. The molecule has 0 amide bonds. The molecule has 1 aliphatic carbocycles. The van der Waals surface area contributed by atoms with Gasteiger partial charge in [-0.25, -0.2) is 0 Å². The van der Waals surface area contributed by atoms with Gasteiger partial charge in [-0.05, 0) is 24.6 Å². The van der Waals surface area contributed by atoms with Gasteiger partial charge in [0.15, 0.2) is 5.78 Å². The fourth-order valence-corrected chi connectivity index (χ4v) is 2.29. The predicted molar refractivity (Wildman–Crippen MR) is 68.5 cm³/mol. The lowest BCUT2D eigenvalue weighted by Crippen LogP contribution is -2.02. The van der Waals surface area contributed by atoms with Gasteiger partial charge in [0, 0.05) is 16.3 Å². The number of hydrogen-bond donors (Lipinski definition) is 0. The van der Waals surface area contributed by atoms with Gasteiger partial charge in [0.1, 0.15) is 5.75 Å². The third-order valence-electron chi connectivity index (χ3n) is 3.01. The molecule has 0 atom stereocenters. The largest absolute Gasteiger partial charge is 0.493 e. The molecule has 2 nitrogen and oxygen atoms in total. The molecule has 0 aliphatic heterocycles. The predicted octanol–water partition coefficient (Wildman–Crippen LogP) is 3.45. The Kier molecular flexibility index (Phi) is 2.22. The van der Waals surface area contributed by atoms with E-state index in [-0.39, 0.29) is 5.78 Å². The van der Waals surface area contributed by atoms with Crippen LogP contribution in [0.25, 0.3) is 16.8 Å². The van der Waals surface area contributed by atoms with Gasteiger partial charge in [0.05, 0.1) is 6.61 Å². The van der Waals surface area contributed by atoms with Gasteiger partial charge >= 0.3 is 0 Å². The van der Waals surface area contributed by atoms with E-state index in [1.165, 1.54) is 0 Å². The number of ketones is 1. The zero-order chi connectivity index (χ0) is 11.8. The normalized spacial score (nSPS) is 13.1. The van der Waals surface area contributed by atoms with E-state index < -0.39 is 0 Å². The zero-order valence-corrected chi connectivity index (χ0v) is 9.57. The van der Waals surface area contributed by atoms with Crippen molar-refractivity contribution >= 4 is 22.6 Å². The van der Waals surface area contributed by atoms with Crippen LogP contribution in [0.2, 0.25) is 0 Å². The molecular weight excluding hydrogens is 212 g/mol. The van der Waals surface area contributed by atoms with Gasteiger partial charge in [-0.3, -0.25) is 4.79 Å². The molecule has 3 rings (SSSR count). The smallest absolute Gasteiger partial charge is 0.186 e. The first-order valence-corrected chi connectivity index (χ1v) is 5.72. The molecule has 0 saturated heterocycles. The van der Waals surface area contributed by atoms with Crippen LogP contribution in [0.15, 0.2) is 36.4 Å². The van der Waals surface area contributed by atoms with Crippen LogP contribution in [0.1, 0.15) is 22.8 Å². The Labute approximate surface area is 99.5 Å². The molecule has 0 bridgehead atoms. The molecule has 2 heteroatoms. The highest BCUT2D eigenvalue weighted by molar-refractivity contribution is 6.20. The van der Waals surface area contributed by atoms with Crippen molar-refractivity contribution in [2.24, 2.45) is 0 Å². The Hall–Kier alpha value is -2.09. The van der Waals surface area contributed by atoms with Crippen LogP contribution in [0, 0.1) is 0 Å². The summed E-state index contributed by atoms with van der Waals surface area (Å²) in [4.78, 5) is 11.8. The number of allylic oxidation sites excluding steroid dienone is 1. The number of rotatable bonds is 2. The summed E-state index contributed by atoms with van der Waals surface area (Å²) in [7, 11) is 0. The second kappa shape index (κ2) is 3.74. The quantitative estimate of drug-likeness (QED) is 0.781. The number of hydrogen-bond acceptors (Lipinski definition) is 2. The van der Waals surface area contributed by atoms with E-state index in [9.17, 15) is 4.79 Å². The average molecular weight is 224 g/mol. The molecule has 2 aromatic rings. The molecule has 0 saturated carbocycles.